The van der Waals surface area contributed by atoms with Gasteiger partial charge < -0.3 is 5.11 Å². The minimum Gasteiger partial charge on any atom is -0.390 e. The molecule has 0 aliphatic rings. The predicted molar refractivity (Wildman–Crippen MR) is 52.6 cm³/mol. The predicted octanol–water partition coefficient (Wildman–Crippen LogP) is 2.42. The van der Waals surface area contributed by atoms with Crippen molar-refractivity contribution in [1.82, 2.24) is 4.98 Å². The Morgan fingerprint density at radius 1 is 1.62 bits per heavy atom. The molecule has 5 heteroatoms. The van der Waals surface area contributed by atoms with Gasteiger partial charge in [0.1, 0.15) is 0 Å². The summed E-state index contributed by atoms with van der Waals surface area (Å²) in [5, 5.41) is 8.80. The van der Waals surface area contributed by atoms with Gasteiger partial charge >= 0.3 is 0 Å². The van der Waals surface area contributed by atoms with Crippen molar-refractivity contribution in [1.29, 1.82) is 0 Å². The number of rotatable bonds is 2. The van der Waals surface area contributed by atoms with Crippen LogP contribution in [0.4, 0.5) is 8.78 Å². The Kier molecular flexibility index (Phi) is 3.55. The largest absolute Gasteiger partial charge is 0.390 e. The molecule has 0 radical (unpaired) electrons. The molecular formula is C8H8F2INO. The van der Waals surface area contributed by atoms with Crippen LogP contribution in [-0.2, 0) is 6.61 Å². The number of aliphatic hydroxyl groups excluding tert-OH is 1. The lowest BCUT2D eigenvalue weighted by Gasteiger charge is -2.09. The highest BCUT2D eigenvalue weighted by Gasteiger charge is 2.17. The van der Waals surface area contributed by atoms with Gasteiger partial charge in [-0.05, 0) is 35.1 Å². The summed E-state index contributed by atoms with van der Waals surface area (Å²) < 4.78 is 25.3. The third kappa shape index (κ3) is 2.14. The molecule has 1 N–H and O–H groups in total. The Morgan fingerprint density at radius 2 is 2.23 bits per heavy atom. The molecule has 2 nitrogen and oxygen atoms in total. The zero-order valence-electron chi connectivity index (χ0n) is 6.89. The van der Waals surface area contributed by atoms with Gasteiger partial charge in [-0.15, -0.1) is 0 Å². The summed E-state index contributed by atoms with van der Waals surface area (Å²) in [6, 6.07) is 0. The van der Waals surface area contributed by atoms with Crippen molar-refractivity contribution in [2.75, 3.05) is 0 Å². The van der Waals surface area contributed by atoms with E-state index in [4.69, 9.17) is 5.11 Å². The molecule has 0 bridgehead atoms. The summed E-state index contributed by atoms with van der Waals surface area (Å²) in [5.41, 5.74) is 0.734. The molecule has 0 atom stereocenters. The van der Waals surface area contributed by atoms with Crippen LogP contribution in [0.25, 0.3) is 0 Å². The number of halogens is 3. The van der Waals surface area contributed by atoms with Gasteiger partial charge in [-0.1, -0.05) is 0 Å². The molecule has 1 aromatic rings. The van der Waals surface area contributed by atoms with Gasteiger partial charge in [-0.25, -0.2) is 8.78 Å². The van der Waals surface area contributed by atoms with Crippen LogP contribution in [0.1, 0.15) is 23.2 Å². The number of alkyl halides is 2. The maximum atomic E-state index is 12.5. The van der Waals surface area contributed by atoms with E-state index in [1.807, 2.05) is 0 Å². The van der Waals surface area contributed by atoms with E-state index >= 15 is 0 Å². The highest BCUT2D eigenvalue weighted by molar-refractivity contribution is 14.1. The molecule has 72 valence electrons. The smallest absolute Gasteiger partial charge is 0.265 e. The molecule has 0 unspecified atom stereocenters. The molecule has 1 heterocycles. The first-order chi connectivity index (χ1) is 6.07. The zero-order valence-corrected chi connectivity index (χ0v) is 9.05. The van der Waals surface area contributed by atoms with E-state index in [0.717, 1.165) is 0 Å². The highest BCUT2D eigenvalue weighted by Crippen LogP contribution is 2.28. The number of nitrogens with zero attached hydrogens (tertiary/aromatic N) is 1. The Labute approximate surface area is 88.1 Å². The van der Waals surface area contributed by atoms with Gasteiger partial charge in [-0.2, -0.15) is 0 Å². The van der Waals surface area contributed by atoms with Crippen LogP contribution < -0.4 is 0 Å². The van der Waals surface area contributed by atoms with Crippen molar-refractivity contribution in [3.63, 3.8) is 0 Å². The standard InChI is InChI=1S/C8H8F2INO/c1-4-2-12-5(3-13)7(11)6(4)8(9)10/h2,8,13H,3H2,1H3. The second-order valence-electron chi connectivity index (χ2n) is 2.57. The van der Waals surface area contributed by atoms with E-state index in [9.17, 15) is 8.78 Å². The maximum Gasteiger partial charge on any atom is 0.265 e. The van der Waals surface area contributed by atoms with Crippen LogP contribution in [0.3, 0.4) is 0 Å². The fourth-order valence-electron chi connectivity index (χ4n) is 1.01. The molecule has 0 saturated heterocycles. The minimum absolute atomic E-state index is 0.0281. The van der Waals surface area contributed by atoms with Gasteiger partial charge in [0.25, 0.3) is 6.43 Å². The molecular weight excluding hydrogens is 291 g/mol. The Balaban J connectivity index is 3.30. The number of aliphatic hydroxyl groups is 1. The molecule has 0 amide bonds. The van der Waals surface area contributed by atoms with Crippen molar-refractivity contribution < 1.29 is 13.9 Å². The molecule has 0 aliphatic carbocycles. The van der Waals surface area contributed by atoms with E-state index in [0.29, 0.717) is 14.8 Å². The molecule has 0 aliphatic heterocycles. The number of aromatic nitrogens is 1. The third-order valence-electron chi connectivity index (χ3n) is 1.70. The number of hydrogen-bond acceptors (Lipinski definition) is 2. The third-order valence-corrected chi connectivity index (χ3v) is 2.90. The molecule has 13 heavy (non-hydrogen) atoms. The van der Waals surface area contributed by atoms with E-state index in [1.54, 1.807) is 29.5 Å². The van der Waals surface area contributed by atoms with E-state index in [2.05, 4.69) is 4.98 Å². The quantitative estimate of drug-likeness (QED) is 0.851. The SMILES string of the molecule is Cc1cnc(CO)c(I)c1C(F)F. The molecule has 1 rings (SSSR count). The van der Waals surface area contributed by atoms with Crippen LogP contribution in [0.15, 0.2) is 6.20 Å². The zero-order chi connectivity index (χ0) is 10.0. The van der Waals surface area contributed by atoms with Crippen LogP contribution in [-0.4, -0.2) is 10.1 Å². The molecule has 1 aromatic heterocycles. The first-order valence-corrected chi connectivity index (χ1v) is 4.68. The summed E-state index contributed by atoms with van der Waals surface area (Å²) >= 11 is 1.78. The average Bonchev–Trinajstić information content (AvgIpc) is 2.04. The minimum atomic E-state index is -2.51. The summed E-state index contributed by atoms with van der Waals surface area (Å²) in [6.45, 7) is 1.27. The van der Waals surface area contributed by atoms with E-state index in [1.165, 1.54) is 6.20 Å². The number of aryl methyl sites for hydroxylation is 1. The molecule has 0 spiro atoms. The lowest BCUT2D eigenvalue weighted by Crippen LogP contribution is -2.02. The summed E-state index contributed by atoms with van der Waals surface area (Å²) in [6.07, 6.45) is -1.16. The van der Waals surface area contributed by atoms with Crippen molar-refractivity contribution in [3.8, 4) is 0 Å². The van der Waals surface area contributed by atoms with Crippen LogP contribution >= 0.6 is 22.6 Å². The first kappa shape index (κ1) is 10.8. The lowest BCUT2D eigenvalue weighted by atomic mass is 10.1. The Hall–Kier alpha value is -0.300. The van der Waals surface area contributed by atoms with Crippen molar-refractivity contribution in [2.45, 2.75) is 20.0 Å². The summed E-state index contributed by atoms with van der Waals surface area (Å²) in [5.74, 6) is 0. The van der Waals surface area contributed by atoms with Crippen molar-refractivity contribution >= 4 is 22.6 Å². The fraction of sp³-hybridized carbons (Fsp3) is 0.375. The first-order valence-electron chi connectivity index (χ1n) is 3.60. The normalized spacial score (nSPS) is 10.9. The van der Waals surface area contributed by atoms with Crippen LogP contribution in [0.5, 0.6) is 0 Å². The highest BCUT2D eigenvalue weighted by atomic mass is 127. The van der Waals surface area contributed by atoms with E-state index in [-0.39, 0.29) is 12.2 Å². The van der Waals surface area contributed by atoms with Gasteiger partial charge in [0.05, 0.1) is 12.3 Å². The molecule has 0 saturated carbocycles. The van der Waals surface area contributed by atoms with Gasteiger partial charge in [0.2, 0.25) is 0 Å². The monoisotopic (exact) mass is 299 g/mol. The number of hydrogen-bond donors (Lipinski definition) is 1. The van der Waals surface area contributed by atoms with Crippen molar-refractivity contribution in [3.05, 3.63) is 26.6 Å². The fourth-order valence-corrected chi connectivity index (χ4v) is 1.98. The van der Waals surface area contributed by atoms with Crippen molar-refractivity contribution in [2.24, 2.45) is 0 Å². The second kappa shape index (κ2) is 4.28. The molecule has 0 fully saturated rings. The van der Waals surface area contributed by atoms with Crippen LogP contribution in [0, 0.1) is 10.5 Å². The van der Waals surface area contributed by atoms with Gasteiger partial charge in [-0.3, -0.25) is 4.98 Å². The summed E-state index contributed by atoms with van der Waals surface area (Å²) in [4.78, 5) is 3.85. The topological polar surface area (TPSA) is 33.1 Å². The molecule has 0 aromatic carbocycles. The van der Waals surface area contributed by atoms with Gasteiger partial charge in [0, 0.05) is 15.3 Å². The van der Waals surface area contributed by atoms with Gasteiger partial charge in [0.15, 0.2) is 0 Å². The lowest BCUT2D eigenvalue weighted by molar-refractivity contribution is 0.149. The van der Waals surface area contributed by atoms with E-state index < -0.39 is 6.43 Å². The Bertz CT molecular complexity index is 317. The second-order valence-corrected chi connectivity index (χ2v) is 3.65. The Morgan fingerprint density at radius 3 is 2.69 bits per heavy atom. The summed E-state index contributed by atoms with van der Waals surface area (Å²) in [7, 11) is 0. The average molecular weight is 299 g/mol. The van der Waals surface area contributed by atoms with Crippen LogP contribution in [0.2, 0.25) is 0 Å². The maximum absolute atomic E-state index is 12.5. The number of pyridine rings is 1.